The van der Waals surface area contributed by atoms with Gasteiger partial charge >= 0.3 is 0 Å². The highest BCUT2D eigenvalue weighted by Crippen LogP contribution is 2.33. The summed E-state index contributed by atoms with van der Waals surface area (Å²) in [6, 6.07) is 4.79. The summed E-state index contributed by atoms with van der Waals surface area (Å²) in [4.78, 5) is 10.7. The van der Waals surface area contributed by atoms with Crippen LogP contribution in [0.15, 0.2) is 18.2 Å². The Hall–Kier alpha value is -1.62. The summed E-state index contributed by atoms with van der Waals surface area (Å²) in [5.74, 6) is 0.473. The summed E-state index contributed by atoms with van der Waals surface area (Å²) in [5, 5.41) is 11.0. The standard InChI is InChI=1S/C12H18N2O3/c1-4-10(8(2)13)11-6-5-9(17-3)7-12(11)14(15)16/h5-8,10H,4,13H2,1-3H3. The third-order valence-electron chi connectivity index (χ3n) is 2.91. The smallest absolute Gasteiger partial charge is 0.276 e. The van der Waals surface area contributed by atoms with Crippen LogP contribution in [0.25, 0.3) is 0 Å². The van der Waals surface area contributed by atoms with Crippen molar-refractivity contribution in [3.8, 4) is 5.75 Å². The lowest BCUT2D eigenvalue weighted by molar-refractivity contribution is -0.385. The Balaban J connectivity index is 3.26. The van der Waals surface area contributed by atoms with Crippen molar-refractivity contribution in [3.05, 3.63) is 33.9 Å². The van der Waals surface area contributed by atoms with Crippen molar-refractivity contribution in [1.29, 1.82) is 0 Å². The second-order valence-corrected chi connectivity index (χ2v) is 4.06. The summed E-state index contributed by atoms with van der Waals surface area (Å²) in [6.45, 7) is 3.84. The minimum absolute atomic E-state index is 0.0127. The van der Waals surface area contributed by atoms with Crippen LogP contribution in [-0.4, -0.2) is 18.1 Å². The molecule has 0 amide bonds. The molecule has 2 atom stereocenters. The molecule has 0 bridgehead atoms. The molecule has 94 valence electrons. The fraction of sp³-hybridized carbons (Fsp3) is 0.500. The van der Waals surface area contributed by atoms with Gasteiger partial charge in [-0.25, -0.2) is 0 Å². The third kappa shape index (κ3) is 2.94. The average Bonchev–Trinajstić information content (AvgIpc) is 2.29. The average molecular weight is 238 g/mol. The van der Waals surface area contributed by atoms with Gasteiger partial charge in [-0.05, 0) is 25.5 Å². The van der Waals surface area contributed by atoms with Gasteiger partial charge in [0.1, 0.15) is 5.75 Å². The molecule has 0 spiro atoms. The van der Waals surface area contributed by atoms with Crippen LogP contribution in [0.4, 0.5) is 5.69 Å². The number of nitro groups is 1. The van der Waals surface area contributed by atoms with E-state index in [4.69, 9.17) is 10.5 Å². The summed E-state index contributed by atoms with van der Waals surface area (Å²) in [6.07, 6.45) is 0.769. The first kappa shape index (κ1) is 13.4. The van der Waals surface area contributed by atoms with E-state index in [1.807, 2.05) is 13.8 Å². The molecule has 17 heavy (non-hydrogen) atoms. The highest BCUT2D eigenvalue weighted by molar-refractivity contribution is 5.48. The van der Waals surface area contributed by atoms with Gasteiger partial charge in [0.05, 0.1) is 18.1 Å². The minimum Gasteiger partial charge on any atom is -0.497 e. The van der Waals surface area contributed by atoms with Crippen molar-refractivity contribution in [2.24, 2.45) is 5.73 Å². The zero-order valence-corrected chi connectivity index (χ0v) is 10.3. The molecule has 1 aromatic carbocycles. The van der Waals surface area contributed by atoms with Crippen LogP contribution in [-0.2, 0) is 0 Å². The molecule has 0 aliphatic rings. The Kier molecular flexibility index (Phi) is 4.45. The van der Waals surface area contributed by atoms with E-state index in [-0.39, 0.29) is 22.6 Å². The monoisotopic (exact) mass is 238 g/mol. The van der Waals surface area contributed by atoms with E-state index >= 15 is 0 Å². The van der Waals surface area contributed by atoms with Gasteiger partial charge in [0, 0.05) is 17.5 Å². The van der Waals surface area contributed by atoms with E-state index in [9.17, 15) is 10.1 Å². The SMILES string of the molecule is CCC(c1ccc(OC)cc1[N+](=O)[O-])C(C)N. The lowest BCUT2D eigenvalue weighted by Gasteiger charge is -2.19. The fourth-order valence-electron chi connectivity index (χ4n) is 2.00. The van der Waals surface area contributed by atoms with Crippen LogP contribution < -0.4 is 10.5 Å². The topological polar surface area (TPSA) is 78.4 Å². The molecule has 0 aliphatic heterocycles. The van der Waals surface area contributed by atoms with Gasteiger partial charge < -0.3 is 10.5 Å². The molecule has 0 aromatic heterocycles. The number of nitrogens with zero attached hydrogens (tertiary/aromatic N) is 1. The van der Waals surface area contributed by atoms with Gasteiger partial charge in [0.15, 0.2) is 0 Å². The first-order valence-electron chi connectivity index (χ1n) is 5.59. The minimum atomic E-state index is -0.386. The lowest BCUT2D eigenvalue weighted by Crippen LogP contribution is -2.24. The highest BCUT2D eigenvalue weighted by atomic mass is 16.6. The van der Waals surface area contributed by atoms with Crippen molar-refractivity contribution in [3.63, 3.8) is 0 Å². The van der Waals surface area contributed by atoms with E-state index in [1.54, 1.807) is 12.1 Å². The van der Waals surface area contributed by atoms with E-state index in [1.165, 1.54) is 13.2 Å². The van der Waals surface area contributed by atoms with Crippen LogP contribution in [0.3, 0.4) is 0 Å². The van der Waals surface area contributed by atoms with Gasteiger partial charge in [-0.1, -0.05) is 6.92 Å². The van der Waals surface area contributed by atoms with Gasteiger partial charge in [-0.15, -0.1) is 0 Å². The van der Waals surface area contributed by atoms with E-state index in [2.05, 4.69) is 0 Å². The highest BCUT2D eigenvalue weighted by Gasteiger charge is 2.24. The quantitative estimate of drug-likeness (QED) is 0.631. The summed E-state index contributed by atoms with van der Waals surface area (Å²) < 4.78 is 5.00. The van der Waals surface area contributed by atoms with Gasteiger partial charge in [-0.3, -0.25) is 10.1 Å². The molecule has 5 heteroatoms. The van der Waals surface area contributed by atoms with Crippen LogP contribution in [0.1, 0.15) is 31.7 Å². The second kappa shape index (κ2) is 5.63. The van der Waals surface area contributed by atoms with E-state index in [0.717, 1.165) is 6.42 Å². The summed E-state index contributed by atoms with van der Waals surface area (Å²) in [5.41, 5.74) is 6.62. The van der Waals surface area contributed by atoms with Crippen LogP contribution in [0.5, 0.6) is 5.75 Å². The molecular weight excluding hydrogens is 220 g/mol. The zero-order valence-electron chi connectivity index (χ0n) is 10.3. The number of nitro benzene ring substituents is 1. The molecule has 2 N–H and O–H groups in total. The normalized spacial score (nSPS) is 14.1. The first-order chi connectivity index (χ1) is 8.01. The Bertz CT molecular complexity index is 405. The second-order valence-electron chi connectivity index (χ2n) is 4.06. The number of hydrogen-bond acceptors (Lipinski definition) is 4. The molecule has 2 unspecified atom stereocenters. The maximum absolute atomic E-state index is 11.0. The van der Waals surface area contributed by atoms with Crippen molar-refractivity contribution in [2.75, 3.05) is 7.11 Å². The molecular formula is C12H18N2O3. The number of methoxy groups -OCH3 is 1. The van der Waals surface area contributed by atoms with Gasteiger partial charge in [0.25, 0.3) is 5.69 Å². The Morgan fingerprint density at radius 1 is 1.53 bits per heavy atom. The first-order valence-corrected chi connectivity index (χ1v) is 5.59. The van der Waals surface area contributed by atoms with E-state index in [0.29, 0.717) is 11.3 Å². The largest absolute Gasteiger partial charge is 0.497 e. The molecule has 0 saturated carbocycles. The Morgan fingerprint density at radius 2 is 2.18 bits per heavy atom. The predicted molar refractivity (Wildman–Crippen MR) is 66.3 cm³/mol. The number of hydrogen-bond donors (Lipinski definition) is 1. The van der Waals surface area contributed by atoms with Gasteiger partial charge in [0.2, 0.25) is 0 Å². The van der Waals surface area contributed by atoms with Crippen LogP contribution >= 0.6 is 0 Å². The van der Waals surface area contributed by atoms with Crippen LogP contribution in [0.2, 0.25) is 0 Å². The summed E-state index contributed by atoms with van der Waals surface area (Å²) >= 11 is 0. The molecule has 0 heterocycles. The summed E-state index contributed by atoms with van der Waals surface area (Å²) in [7, 11) is 1.49. The molecule has 1 aromatic rings. The molecule has 0 saturated heterocycles. The van der Waals surface area contributed by atoms with E-state index < -0.39 is 0 Å². The van der Waals surface area contributed by atoms with Crippen molar-refractivity contribution in [2.45, 2.75) is 32.2 Å². The van der Waals surface area contributed by atoms with Crippen molar-refractivity contribution < 1.29 is 9.66 Å². The third-order valence-corrected chi connectivity index (χ3v) is 2.91. The zero-order chi connectivity index (χ0) is 13.0. The Labute approximate surface area is 101 Å². The molecule has 0 aliphatic carbocycles. The molecule has 5 nitrogen and oxygen atoms in total. The number of rotatable bonds is 5. The van der Waals surface area contributed by atoms with Crippen molar-refractivity contribution >= 4 is 5.69 Å². The predicted octanol–water partition coefficient (Wildman–Crippen LogP) is 2.44. The lowest BCUT2D eigenvalue weighted by atomic mass is 9.89. The fourth-order valence-corrected chi connectivity index (χ4v) is 2.00. The maximum Gasteiger partial charge on any atom is 0.276 e. The number of ether oxygens (including phenoxy) is 1. The molecule has 0 radical (unpaired) electrons. The molecule has 1 rings (SSSR count). The van der Waals surface area contributed by atoms with Crippen LogP contribution in [0, 0.1) is 10.1 Å². The Morgan fingerprint density at radius 3 is 2.59 bits per heavy atom. The maximum atomic E-state index is 11.0. The number of benzene rings is 1. The molecule has 0 fully saturated rings. The van der Waals surface area contributed by atoms with Crippen molar-refractivity contribution in [1.82, 2.24) is 0 Å². The number of nitrogens with two attached hydrogens (primary N) is 1. The van der Waals surface area contributed by atoms with Gasteiger partial charge in [-0.2, -0.15) is 0 Å².